The number of benzene rings is 2. The fraction of sp³-hybridized carbons (Fsp3) is 0.300. The van der Waals surface area contributed by atoms with E-state index in [-0.39, 0.29) is 35.7 Å². The minimum absolute atomic E-state index is 0.121. The van der Waals surface area contributed by atoms with E-state index in [2.05, 4.69) is 5.32 Å². The first kappa shape index (κ1) is 21.0. The second-order valence-corrected chi connectivity index (χ2v) is 6.25. The average Bonchev–Trinajstić information content (AvgIpc) is 2.67. The Balaban J connectivity index is 2.32. The molecular weight excluding hydrogens is 365 g/mol. The molecule has 0 heterocycles. The van der Waals surface area contributed by atoms with Crippen molar-refractivity contribution in [2.75, 3.05) is 6.54 Å². The maximum Gasteiger partial charge on any atom is 0.273 e. The third-order valence-corrected chi connectivity index (χ3v) is 4.35. The van der Waals surface area contributed by atoms with Crippen LogP contribution >= 0.6 is 0 Å². The number of para-hydroxylation sites is 1. The van der Waals surface area contributed by atoms with Gasteiger partial charge in [0.15, 0.2) is 0 Å². The Hall–Kier alpha value is -3.29. The van der Waals surface area contributed by atoms with Gasteiger partial charge in [-0.15, -0.1) is 0 Å². The summed E-state index contributed by atoms with van der Waals surface area (Å²) in [6, 6.07) is 11.0. The predicted octanol–water partition coefficient (Wildman–Crippen LogP) is 2.83. The van der Waals surface area contributed by atoms with Crippen LogP contribution in [0.4, 0.5) is 10.1 Å². The van der Waals surface area contributed by atoms with Gasteiger partial charge < -0.3 is 10.2 Å². The van der Waals surface area contributed by atoms with Crippen LogP contribution in [0.5, 0.6) is 0 Å². The topological polar surface area (TPSA) is 92.6 Å². The maximum atomic E-state index is 14.1. The zero-order valence-electron chi connectivity index (χ0n) is 15.7. The third kappa shape index (κ3) is 5.12. The van der Waals surface area contributed by atoms with Crippen molar-refractivity contribution in [3.05, 3.63) is 75.6 Å². The Morgan fingerprint density at radius 3 is 2.36 bits per heavy atom. The number of nitrogens with one attached hydrogen (secondary N) is 1. The number of hydrogen-bond acceptors (Lipinski definition) is 4. The minimum atomic E-state index is -0.866. The molecule has 0 bridgehead atoms. The van der Waals surface area contributed by atoms with Crippen molar-refractivity contribution >= 4 is 17.5 Å². The van der Waals surface area contributed by atoms with Gasteiger partial charge in [0, 0.05) is 30.3 Å². The summed E-state index contributed by atoms with van der Waals surface area (Å²) in [6.45, 7) is 3.56. The highest BCUT2D eigenvalue weighted by Crippen LogP contribution is 2.21. The van der Waals surface area contributed by atoms with Gasteiger partial charge in [-0.05, 0) is 19.9 Å². The van der Waals surface area contributed by atoms with E-state index in [1.807, 2.05) is 0 Å². The summed E-state index contributed by atoms with van der Waals surface area (Å²) in [4.78, 5) is 37.1. The highest BCUT2D eigenvalue weighted by Gasteiger charge is 2.28. The molecule has 0 unspecified atom stereocenters. The Morgan fingerprint density at radius 2 is 1.75 bits per heavy atom. The molecule has 8 heteroatoms. The molecule has 1 atom stereocenters. The molecule has 0 saturated carbocycles. The summed E-state index contributed by atoms with van der Waals surface area (Å²) >= 11 is 0. The number of nitro groups is 1. The van der Waals surface area contributed by atoms with Crippen LogP contribution in [0.15, 0.2) is 48.5 Å². The monoisotopic (exact) mass is 387 g/mol. The molecule has 1 N–H and O–H groups in total. The van der Waals surface area contributed by atoms with Crippen LogP contribution in [0.1, 0.15) is 25.0 Å². The predicted molar refractivity (Wildman–Crippen MR) is 102 cm³/mol. The van der Waals surface area contributed by atoms with Gasteiger partial charge in [0.05, 0.1) is 11.3 Å². The second kappa shape index (κ2) is 9.59. The van der Waals surface area contributed by atoms with Crippen molar-refractivity contribution in [1.82, 2.24) is 10.2 Å². The van der Waals surface area contributed by atoms with E-state index in [4.69, 9.17) is 0 Å². The molecule has 148 valence electrons. The lowest BCUT2D eigenvalue weighted by atomic mass is 10.1. The average molecular weight is 387 g/mol. The summed E-state index contributed by atoms with van der Waals surface area (Å²) in [7, 11) is 0. The number of nitro benzene ring substituents is 1. The highest BCUT2D eigenvalue weighted by molar-refractivity contribution is 5.88. The molecule has 0 fully saturated rings. The summed E-state index contributed by atoms with van der Waals surface area (Å²) in [5.74, 6) is -1.37. The molecule has 2 amide bonds. The lowest BCUT2D eigenvalue weighted by molar-refractivity contribution is -0.385. The Bertz CT molecular complexity index is 872. The lowest BCUT2D eigenvalue weighted by Crippen LogP contribution is -2.48. The lowest BCUT2D eigenvalue weighted by Gasteiger charge is -2.29. The van der Waals surface area contributed by atoms with E-state index in [9.17, 15) is 24.1 Å². The number of likely N-dealkylation sites (N-methyl/N-ethyl adjacent to an activating group) is 1. The SMILES string of the molecule is CCNC(=O)[C@H](C)N(Cc1ccccc1F)C(=O)Cc1ccccc1[N+](=O)[O-]. The van der Waals surface area contributed by atoms with E-state index in [1.54, 1.807) is 26.0 Å². The molecule has 0 saturated heterocycles. The standard InChI is InChI=1S/C20H22FN3O4/c1-3-22-20(26)14(2)23(13-16-9-4-6-10-17(16)21)19(25)12-15-8-5-7-11-18(15)24(27)28/h4-11,14H,3,12-13H2,1-2H3,(H,22,26)/t14-/m0/s1. The fourth-order valence-corrected chi connectivity index (χ4v) is 2.82. The van der Waals surface area contributed by atoms with Gasteiger partial charge in [-0.3, -0.25) is 19.7 Å². The molecule has 28 heavy (non-hydrogen) atoms. The van der Waals surface area contributed by atoms with Gasteiger partial charge in [0.1, 0.15) is 11.9 Å². The Labute approximate surface area is 162 Å². The summed E-state index contributed by atoms with van der Waals surface area (Å²) in [5, 5.41) is 13.8. The molecule has 2 aromatic carbocycles. The largest absolute Gasteiger partial charge is 0.355 e. The van der Waals surface area contributed by atoms with Crippen LogP contribution in [0.25, 0.3) is 0 Å². The number of amides is 2. The van der Waals surface area contributed by atoms with Gasteiger partial charge in [-0.25, -0.2) is 4.39 Å². The molecule has 2 rings (SSSR count). The highest BCUT2D eigenvalue weighted by atomic mass is 19.1. The summed E-state index contributed by atoms with van der Waals surface area (Å²) in [5.41, 5.74) is 0.320. The zero-order valence-corrected chi connectivity index (χ0v) is 15.7. The molecule has 0 spiro atoms. The van der Waals surface area contributed by atoms with Crippen molar-refractivity contribution in [3.8, 4) is 0 Å². The van der Waals surface area contributed by atoms with Crippen molar-refractivity contribution < 1.29 is 18.9 Å². The normalized spacial score (nSPS) is 11.5. The zero-order chi connectivity index (χ0) is 20.7. The summed E-state index contributed by atoms with van der Waals surface area (Å²) < 4.78 is 14.1. The van der Waals surface area contributed by atoms with Crippen LogP contribution in [0.2, 0.25) is 0 Å². The number of carbonyl (C=O) groups is 2. The van der Waals surface area contributed by atoms with Crippen LogP contribution in [0, 0.1) is 15.9 Å². The van der Waals surface area contributed by atoms with E-state index in [0.29, 0.717) is 6.54 Å². The van der Waals surface area contributed by atoms with Gasteiger partial charge in [-0.1, -0.05) is 36.4 Å². The number of halogens is 1. The first-order chi connectivity index (χ1) is 13.3. The summed E-state index contributed by atoms with van der Waals surface area (Å²) in [6.07, 6.45) is -0.269. The van der Waals surface area contributed by atoms with E-state index in [0.717, 1.165) is 0 Å². The Morgan fingerprint density at radius 1 is 1.14 bits per heavy atom. The Kier molecular flexibility index (Phi) is 7.20. The van der Waals surface area contributed by atoms with Crippen LogP contribution in [-0.2, 0) is 22.6 Å². The number of nitrogens with zero attached hydrogens (tertiary/aromatic N) is 2. The first-order valence-corrected chi connectivity index (χ1v) is 8.88. The fourth-order valence-electron chi connectivity index (χ4n) is 2.82. The van der Waals surface area contributed by atoms with Crippen molar-refractivity contribution in [2.45, 2.75) is 32.9 Å². The van der Waals surface area contributed by atoms with E-state index in [1.165, 1.54) is 41.3 Å². The molecule has 0 aliphatic rings. The quantitative estimate of drug-likeness (QED) is 0.557. The first-order valence-electron chi connectivity index (χ1n) is 8.88. The minimum Gasteiger partial charge on any atom is -0.355 e. The van der Waals surface area contributed by atoms with Crippen molar-refractivity contribution in [2.24, 2.45) is 0 Å². The van der Waals surface area contributed by atoms with Crippen LogP contribution in [0.3, 0.4) is 0 Å². The smallest absolute Gasteiger partial charge is 0.273 e. The molecule has 0 aliphatic heterocycles. The molecule has 7 nitrogen and oxygen atoms in total. The maximum absolute atomic E-state index is 14.1. The van der Waals surface area contributed by atoms with Crippen molar-refractivity contribution in [3.63, 3.8) is 0 Å². The second-order valence-electron chi connectivity index (χ2n) is 6.25. The van der Waals surface area contributed by atoms with Crippen molar-refractivity contribution in [1.29, 1.82) is 0 Å². The van der Waals surface area contributed by atoms with Gasteiger partial charge in [0.25, 0.3) is 5.69 Å². The van der Waals surface area contributed by atoms with Crippen LogP contribution < -0.4 is 5.32 Å². The number of hydrogen-bond donors (Lipinski definition) is 1. The number of carbonyl (C=O) groups excluding carboxylic acids is 2. The molecule has 0 aliphatic carbocycles. The molecule has 2 aromatic rings. The molecule has 0 radical (unpaired) electrons. The van der Waals surface area contributed by atoms with E-state index < -0.39 is 22.7 Å². The van der Waals surface area contributed by atoms with E-state index >= 15 is 0 Å². The number of rotatable bonds is 8. The van der Waals surface area contributed by atoms with Gasteiger partial charge in [0.2, 0.25) is 11.8 Å². The van der Waals surface area contributed by atoms with Gasteiger partial charge in [-0.2, -0.15) is 0 Å². The third-order valence-electron chi connectivity index (χ3n) is 4.35. The molecular formula is C20H22FN3O4. The van der Waals surface area contributed by atoms with Crippen LogP contribution in [-0.4, -0.2) is 34.2 Å². The van der Waals surface area contributed by atoms with Gasteiger partial charge >= 0.3 is 0 Å². The molecule has 0 aromatic heterocycles.